The Kier molecular flexibility index (Phi) is 6.24. The molecule has 0 unspecified atom stereocenters. The summed E-state index contributed by atoms with van der Waals surface area (Å²) < 4.78 is 15.8. The van der Waals surface area contributed by atoms with Crippen LogP contribution in [0.3, 0.4) is 0 Å². The topological polar surface area (TPSA) is 22.0 Å². The first-order valence-electron chi connectivity index (χ1n) is 13.5. The number of aromatic nitrogens is 1. The van der Waals surface area contributed by atoms with Gasteiger partial charge in [-0.1, -0.05) is 127 Å². The van der Waals surface area contributed by atoms with Gasteiger partial charge < -0.3 is 4.57 Å². The number of hydrogen-bond acceptors (Lipinski definition) is 1. The molecule has 40 heavy (non-hydrogen) atoms. The van der Waals surface area contributed by atoms with Crippen LogP contribution in [0.2, 0.25) is 0 Å². The van der Waals surface area contributed by atoms with Gasteiger partial charge in [0.2, 0.25) is 0 Å². The van der Waals surface area contributed by atoms with Crippen LogP contribution in [0.4, 0.5) is 0 Å². The molecule has 0 saturated heterocycles. The number of nitrogens with zero attached hydrogens (tertiary/aromatic N) is 1. The Balaban J connectivity index is 1.84. The normalized spacial score (nSPS) is 11.5. The molecule has 0 saturated carbocycles. The van der Waals surface area contributed by atoms with Crippen LogP contribution < -0.4 is 10.5 Å². The average molecular weight is 548 g/mol. The van der Waals surface area contributed by atoms with Gasteiger partial charge in [-0.05, 0) is 34.9 Å². The third-order valence-corrected chi connectivity index (χ3v) is 8.88. The molecule has 1 aromatic heterocycles. The second-order valence-electron chi connectivity index (χ2n) is 10.1. The maximum atomic E-state index is 13.4. The van der Waals surface area contributed by atoms with E-state index in [4.69, 9.17) is 0 Å². The smallest absolute Gasteiger partial charge is 0.193 e. The molecule has 0 N–H and O–H groups in total. The molecule has 0 fully saturated rings. The van der Waals surface area contributed by atoms with Crippen LogP contribution in [-0.2, 0) is 4.57 Å². The van der Waals surface area contributed by atoms with Crippen LogP contribution in [0.25, 0.3) is 60.9 Å². The van der Waals surface area contributed by atoms with E-state index in [2.05, 4.69) is 132 Å². The fraction of sp³-hybridized carbons (Fsp3) is 0. The van der Waals surface area contributed by atoms with E-state index in [1.807, 2.05) is 12.1 Å². The molecule has 7 rings (SSSR count). The number of rotatable bonds is 5. The van der Waals surface area contributed by atoms with Crippen molar-refractivity contribution >= 4 is 51.0 Å². The molecule has 0 aliphatic rings. The van der Waals surface area contributed by atoms with Gasteiger partial charge in [0, 0.05) is 43.4 Å². The number of hydrogen-bond donors (Lipinski definition) is 0. The summed E-state index contributed by atoms with van der Waals surface area (Å²) in [7, 11) is 0.931. The highest BCUT2D eigenvalue weighted by molar-refractivity contribution is 7.35. The second kappa shape index (κ2) is 10.2. The molecule has 1 heterocycles. The zero-order valence-corrected chi connectivity index (χ0v) is 25.0. The number of para-hydroxylation sites is 1. The Morgan fingerprint density at radius 1 is 0.550 bits per heavy atom. The van der Waals surface area contributed by atoms with Crippen molar-refractivity contribution in [2.24, 2.45) is 0 Å². The van der Waals surface area contributed by atoms with Crippen molar-refractivity contribution in [3.63, 3.8) is 0 Å². The predicted molar refractivity (Wildman–Crippen MR) is 174 cm³/mol. The number of benzene rings is 6. The van der Waals surface area contributed by atoms with Crippen LogP contribution in [0, 0.1) is 0 Å². The van der Waals surface area contributed by atoms with Crippen molar-refractivity contribution in [1.29, 1.82) is 0 Å². The first kappa shape index (κ1) is 24.5. The minimum Gasteiger partial charge on any atom is -0.309 e. The molecule has 6 aromatic carbocycles. The fourth-order valence-corrected chi connectivity index (χ4v) is 7.08. The molecule has 0 spiro atoms. The van der Waals surface area contributed by atoms with Crippen LogP contribution in [-0.4, -0.2) is 14.8 Å². The lowest BCUT2D eigenvalue weighted by atomic mass is 9.85. The van der Waals surface area contributed by atoms with Crippen LogP contribution >= 0.6 is 8.46 Å². The summed E-state index contributed by atoms with van der Waals surface area (Å²) >= 11 is 0. The summed E-state index contributed by atoms with van der Waals surface area (Å²) in [6, 6.07) is 48.9. The lowest BCUT2D eigenvalue weighted by molar-refractivity contribution is 0.603. The third kappa shape index (κ3) is 3.94. The van der Waals surface area contributed by atoms with Crippen molar-refractivity contribution in [2.75, 3.05) is 0 Å². The van der Waals surface area contributed by atoms with Gasteiger partial charge in [-0.15, -0.1) is 0 Å². The van der Waals surface area contributed by atoms with E-state index in [1.54, 1.807) is 0 Å². The van der Waals surface area contributed by atoms with Crippen molar-refractivity contribution in [3.8, 4) is 39.1 Å². The van der Waals surface area contributed by atoms with Gasteiger partial charge in [-0.3, -0.25) is 4.57 Å². The van der Waals surface area contributed by atoms with E-state index in [0.717, 1.165) is 76.4 Å². The second-order valence-corrected chi connectivity index (χ2v) is 11.9. The molecule has 190 valence electrons. The Bertz CT molecular complexity index is 2000. The monoisotopic (exact) mass is 547 g/mol. The van der Waals surface area contributed by atoms with E-state index in [-0.39, 0.29) is 8.46 Å². The molecule has 0 amide bonds. The lowest BCUT2D eigenvalue weighted by Crippen LogP contribution is -2.07. The highest BCUT2D eigenvalue weighted by Crippen LogP contribution is 2.48. The molecule has 0 atom stereocenters. The van der Waals surface area contributed by atoms with Gasteiger partial charge in [0.1, 0.15) is 0 Å². The zero-order valence-electron chi connectivity index (χ0n) is 22.1. The van der Waals surface area contributed by atoms with E-state index in [0.29, 0.717) is 0 Å². The first-order valence-corrected chi connectivity index (χ1v) is 15.3. The average Bonchev–Trinajstić information content (AvgIpc) is 3.35. The van der Waals surface area contributed by atoms with E-state index in [1.165, 1.54) is 5.19 Å². The van der Waals surface area contributed by atoms with Crippen LogP contribution in [0.5, 0.6) is 0 Å². The Morgan fingerprint density at radius 2 is 1.05 bits per heavy atom. The summed E-state index contributed by atoms with van der Waals surface area (Å²) in [4.78, 5) is 0. The highest BCUT2D eigenvalue weighted by Gasteiger charge is 2.28. The molecule has 7 aromatic rings. The summed E-state index contributed by atoms with van der Waals surface area (Å²) in [5, 5.41) is 4.32. The molecule has 4 heteroatoms. The fourth-order valence-electron chi connectivity index (χ4n) is 5.97. The molecule has 0 radical (unpaired) electrons. The van der Waals surface area contributed by atoms with E-state index >= 15 is 0 Å². The molecular weight excluding hydrogens is 521 g/mol. The maximum absolute atomic E-state index is 13.4. The molecular formula is C36H26NOPSi. The van der Waals surface area contributed by atoms with Crippen molar-refractivity contribution in [2.45, 2.75) is 0 Å². The Labute approximate surface area is 238 Å². The summed E-state index contributed by atoms with van der Waals surface area (Å²) in [6.07, 6.45) is 0. The molecule has 0 bridgehead atoms. The van der Waals surface area contributed by atoms with Gasteiger partial charge in [0.05, 0.1) is 16.3 Å². The van der Waals surface area contributed by atoms with Gasteiger partial charge >= 0.3 is 0 Å². The summed E-state index contributed by atoms with van der Waals surface area (Å²) in [5.41, 5.74) is 9.81. The van der Waals surface area contributed by atoms with Gasteiger partial charge in [-0.2, -0.15) is 0 Å². The van der Waals surface area contributed by atoms with E-state index in [9.17, 15) is 4.57 Å². The SMILES string of the molecule is O=Pc1c(-c2ccccc2)c(-c2ccccc2)c(-c2ccccc2)c2c1c1cc([SiH3])ccc1n2-c1ccccc1. The minimum atomic E-state index is -0.00384. The minimum absolute atomic E-state index is 0.00384. The largest absolute Gasteiger partial charge is 0.309 e. The summed E-state index contributed by atoms with van der Waals surface area (Å²) in [6.45, 7) is 0. The lowest BCUT2D eigenvalue weighted by Gasteiger charge is -2.21. The van der Waals surface area contributed by atoms with Gasteiger partial charge in [-0.25, -0.2) is 0 Å². The van der Waals surface area contributed by atoms with Gasteiger partial charge in [0.25, 0.3) is 0 Å². The Morgan fingerprint density at radius 3 is 1.60 bits per heavy atom. The van der Waals surface area contributed by atoms with Crippen LogP contribution in [0.1, 0.15) is 0 Å². The molecule has 0 aliphatic heterocycles. The number of fused-ring (bicyclic) bond motifs is 3. The quantitative estimate of drug-likeness (QED) is 0.160. The summed E-state index contributed by atoms with van der Waals surface area (Å²) in [5.74, 6) is 0. The van der Waals surface area contributed by atoms with Crippen molar-refractivity contribution in [3.05, 3.63) is 140 Å². The third-order valence-electron chi connectivity index (χ3n) is 7.63. The zero-order chi connectivity index (χ0) is 27.1. The Hall–Kier alpha value is -4.56. The first-order chi connectivity index (χ1) is 19.8. The predicted octanol–water partition coefficient (Wildman–Crippen LogP) is 7.69. The van der Waals surface area contributed by atoms with Crippen LogP contribution in [0.15, 0.2) is 140 Å². The van der Waals surface area contributed by atoms with Gasteiger partial charge in [0.15, 0.2) is 8.46 Å². The van der Waals surface area contributed by atoms with E-state index < -0.39 is 0 Å². The highest BCUT2D eigenvalue weighted by atomic mass is 31.1. The molecule has 0 aliphatic carbocycles. The van der Waals surface area contributed by atoms with Crippen molar-refractivity contribution < 1.29 is 4.57 Å². The maximum Gasteiger partial charge on any atom is 0.193 e. The standard InChI is InChI=1S/C36H26NOPSi/c38-39-36-33(26-17-9-3-10-18-26)31(24-13-5-1-6-14-24)32(25-15-7-2-8-16-25)35-34(36)29-23-28(40)21-22-30(29)37(35)27-19-11-4-12-20-27/h1-23H,40H3. The van der Waals surface area contributed by atoms with Crippen molar-refractivity contribution in [1.82, 2.24) is 4.57 Å². The molecule has 2 nitrogen and oxygen atoms in total.